The highest BCUT2D eigenvalue weighted by Gasteiger charge is 2.21. The van der Waals surface area contributed by atoms with Crippen molar-refractivity contribution in [1.82, 2.24) is 9.80 Å². The summed E-state index contributed by atoms with van der Waals surface area (Å²) < 4.78 is 0. The minimum Gasteiger partial charge on any atom is -0.329 e. The van der Waals surface area contributed by atoms with Crippen molar-refractivity contribution in [3.8, 4) is 0 Å². The predicted molar refractivity (Wildman–Crippen MR) is 83.7 cm³/mol. The van der Waals surface area contributed by atoms with E-state index in [2.05, 4.69) is 47.4 Å². The first kappa shape index (κ1) is 14.9. The van der Waals surface area contributed by atoms with Crippen LogP contribution in [0.25, 0.3) is 0 Å². The van der Waals surface area contributed by atoms with Crippen LogP contribution in [0.15, 0.2) is 29.2 Å². The molecule has 1 fully saturated rings. The van der Waals surface area contributed by atoms with Gasteiger partial charge in [0, 0.05) is 37.1 Å². The molecule has 0 aromatic heterocycles. The summed E-state index contributed by atoms with van der Waals surface area (Å²) in [6.07, 6.45) is 3.34. The number of benzene rings is 1. The van der Waals surface area contributed by atoms with Gasteiger partial charge in [0.15, 0.2) is 0 Å². The molecular weight excluding hydrogens is 254 g/mol. The summed E-state index contributed by atoms with van der Waals surface area (Å²) in [6.45, 7) is 5.29. The van der Waals surface area contributed by atoms with E-state index in [4.69, 9.17) is 5.73 Å². The van der Waals surface area contributed by atoms with E-state index in [1.54, 1.807) is 11.8 Å². The Labute approximate surface area is 121 Å². The Morgan fingerprint density at radius 3 is 2.53 bits per heavy atom. The average molecular weight is 279 g/mol. The standard InChI is InChI=1S/C15H25N3S/c1-17-8-3-9-18(11-10-17)15(12-16)13-4-6-14(19-2)7-5-13/h4-7,15H,3,8-12,16H2,1-2H3. The first-order chi connectivity index (χ1) is 9.24. The third-order valence-corrected chi connectivity index (χ3v) is 4.66. The Bertz CT molecular complexity index is 379. The Morgan fingerprint density at radius 2 is 1.89 bits per heavy atom. The zero-order chi connectivity index (χ0) is 13.7. The molecule has 4 heteroatoms. The molecule has 1 aliphatic rings. The van der Waals surface area contributed by atoms with Crippen LogP contribution in [0.5, 0.6) is 0 Å². The lowest BCUT2D eigenvalue weighted by molar-refractivity contribution is 0.208. The van der Waals surface area contributed by atoms with Gasteiger partial charge in [-0.2, -0.15) is 0 Å². The normalized spacial score (nSPS) is 20.2. The van der Waals surface area contributed by atoms with Crippen molar-refractivity contribution in [1.29, 1.82) is 0 Å². The van der Waals surface area contributed by atoms with Gasteiger partial charge in [-0.25, -0.2) is 0 Å². The van der Waals surface area contributed by atoms with E-state index in [1.165, 1.54) is 23.4 Å². The second-order valence-corrected chi connectivity index (χ2v) is 6.10. The van der Waals surface area contributed by atoms with E-state index in [0.717, 1.165) is 19.6 Å². The molecule has 19 heavy (non-hydrogen) atoms. The van der Waals surface area contributed by atoms with Gasteiger partial charge in [-0.05, 0) is 44.0 Å². The Kier molecular flexibility index (Phi) is 5.70. The van der Waals surface area contributed by atoms with Crippen LogP contribution in [-0.4, -0.2) is 55.8 Å². The van der Waals surface area contributed by atoms with Crippen LogP contribution in [0.3, 0.4) is 0 Å². The predicted octanol–water partition coefficient (Wildman–Crippen LogP) is 2.05. The highest BCUT2D eigenvalue weighted by Crippen LogP contribution is 2.23. The van der Waals surface area contributed by atoms with E-state index in [0.29, 0.717) is 12.6 Å². The molecule has 106 valence electrons. The fraction of sp³-hybridized carbons (Fsp3) is 0.600. The van der Waals surface area contributed by atoms with E-state index in [1.807, 2.05) is 0 Å². The Morgan fingerprint density at radius 1 is 1.16 bits per heavy atom. The second kappa shape index (κ2) is 7.29. The SMILES string of the molecule is CSc1ccc(C(CN)N2CCCN(C)CC2)cc1. The fourth-order valence-electron chi connectivity index (χ4n) is 2.70. The molecule has 0 radical (unpaired) electrons. The van der Waals surface area contributed by atoms with Crippen LogP contribution in [0.1, 0.15) is 18.0 Å². The van der Waals surface area contributed by atoms with Gasteiger partial charge in [0.05, 0.1) is 0 Å². The third kappa shape index (κ3) is 3.96. The van der Waals surface area contributed by atoms with Crippen LogP contribution in [-0.2, 0) is 0 Å². The molecule has 0 spiro atoms. The average Bonchev–Trinajstić information content (AvgIpc) is 2.66. The van der Waals surface area contributed by atoms with Crippen molar-refractivity contribution >= 4 is 11.8 Å². The van der Waals surface area contributed by atoms with Crippen LogP contribution in [0.4, 0.5) is 0 Å². The van der Waals surface area contributed by atoms with Crippen molar-refractivity contribution in [2.45, 2.75) is 17.4 Å². The maximum absolute atomic E-state index is 6.03. The number of rotatable bonds is 4. The summed E-state index contributed by atoms with van der Waals surface area (Å²) in [5.74, 6) is 0. The van der Waals surface area contributed by atoms with E-state index in [9.17, 15) is 0 Å². The van der Waals surface area contributed by atoms with E-state index in [-0.39, 0.29) is 0 Å². The number of nitrogens with zero attached hydrogens (tertiary/aromatic N) is 2. The molecular formula is C15H25N3S. The van der Waals surface area contributed by atoms with Crippen molar-refractivity contribution in [3.05, 3.63) is 29.8 Å². The zero-order valence-electron chi connectivity index (χ0n) is 12.0. The van der Waals surface area contributed by atoms with Crippen molar-refractivity contribution in [2.75, 3.05) is 46.0 Å². The lowest BCUT2D eigenvalue weighted by Crippen LogP contribution is -2.36. The largest absolute Gasteiger partial charge is 0.329 e. The number of likely N-dealkylation sites (N-methyl/N-ethyl adjacent to an activating group) is 1. The van der Waals surface area contributed by atoms with Crippen molar-refractivity contribution < 1.29 is 0 Å². The molecule has 3 nitrogen and oxygen atoms in total. The molecule has 2 rings (SSSR count). The molecule has 0 aliphatic carbocycles. The van der Waals surface area contributed by atoms with Gasteiger partial charge < -0.3 is 10.6 Å². The van der Waals surface area contributed by atoms with Gasteiger partial charge in [0.25, 0.3) is 0 Å². The molecule has 2 N–H and O–H groups in total. The van der Waals surface area contributed by atoms with E-state index < -0.39 is 0 Å². The summed E-state index contributed by atoms with van der Waals surface area (Å²) in [5, 5.41) is 0. The number of hydrogen-bond donors (Lipinski definition) is 1. The Hall–Kier alpha value is -0.550. The van der Waals surface area contributed by atoms with Crippen LogP contribution in [0, 0.1) is 0 Å². The van der Waals surface area contributed by atoms with Gasteiger partial charge in [-0.3, -0.25) is 4.90 Å². The summed E-state index contributed by atoms with van der Waals surface area (Å²) >= 11 is 1.78. The summed E-state index contributed by atoms with van der Waals surface area (Å²) in [6, 6.07) is 9.23. The summed E-state index contributed by atoms with van der Waals surface area (Å²) in [4.78, 5) is 6.26. The van der Waals surface area contributed by atoms with Crippen LogP contribution in [0.2, 0.25) is 0 Å². The first-order valence-corrected chi connectivity index (χ1v) is 8.23. The number of thioether (sulfide) groups is 1. The number of hydrogen-bond acceptors (Lipinski definition) is 4. The molecule has 1 aromatic carbocycles. The van der Waals surface area contributed by atoms with Gasteiger partial charge >= 0.3 is 0 Å². The summed E-state index contributed by atoms with van der Waals surface area (Å²) in [5.41, 5.74) is 7.38. The lowest BCUT2D eigenvalue weighted by Gasteiger charge is -2.30. The van der Waals surface area contributed by atoms with Gasteiger partial charge in [0.2, 0.25) is 0 Å². The summed E-state index contributed by atoms with van der Waals surface area (Å²) in [7, 11) is 2.20. The van der Waals surface area contributed by atoms with Crippen LogP contribution < -0.4 is 5.73 Å². The highest BCUT2D eigenvalue weighted by atomic mass is 32.2. The van der Waals surface area contributed by atoms with Crippen LogP contribution >= 0.6 is 11.8 Å². The van der Waals surface area contributed by atoms with Crippen molar-refractivity contribution in [2.24, 2.45) is 5.73 Å². The first-order valence-electron chi connectivity index (χ1n) is 7.01. The number of nitrogens with two attached hydrogens (primary N) is 1. The lowest BCUT2D eigenvalue weighted by atomic mass is 10.1. The molecule has 1 unspecified atom stereocenters. The molecule has 0 bridgehead atoms. The molecule has 1 heterocycles. The second-order valence-electron chi connectivity index (χ2n) is 5.22. The molecule has 0 saturated carbocycles. The minimum absolute atomic E-state index is 0.363. The highest BCUT2D eigenvalue weighted by molar-refractivity contribution is 7.98. The monoisotopic (exact) mass is 279 g/mol. The van der Waals surface area contributed by atoms with Crippen molar-refractivity contribution in [3.63, 3.8) is 0 Å². The van der Waals surface area contributed by atoms with Gasteiger partial charge in [-0.15, -0.1) is 11.8 Å². The maximum Gasteiger partial charge on any atom is 0.0471 e. The maximum atomic E-state index is 6.03. The van der Waals surface area contributed by atoms with Gasteiger partial charge in [0.1, 0.15) is 0 Å². The molecule has 1 saturated heterocycles. The Balaban J connectivity index is 2.09. The third-order valence-electron chi connectivity index (χ3n) is 3.92. The minimum atomic E-state index is 0.363. The molecule has 0 amide bonds. The van der Waals surface area contributed by atoms with Gasteiger partial charge in [-0.1, -0.05) is 12.1 Å². The fourth-order valence-corrected chi connectivity index (χ4v) is 3.11. The quantitative estimate of drug-likeness (QED) is 0.855. The smallest absolute Gasteiger partial charge is 0.0471 e. The van der Waals surface area contributed by atoms with E-state index >= 15 is 0 Å². The topological polar surface area (TPSA) is 32.5 Å². The molecule has 1 atom stereocenters. The molecule has 1 aromatic rings. The molecule has 1 aliphatic heterocycles. The zero-order valence-corrected chi connectivity index (χ0v) is 12.8.